The molecule has 0 spiro atoms. The lowest BCUT2D eigenvalue weighted by atomic mass is 10.1. The summed E-state index contributed by atoms with van der Waals surface area (Å²) in [5.41, 5.74) is 0. The van der Waals surface area contributed by atoms with Gasteiger partial charge in [-0.15, -0.1) is 0 Å². The predicted octanol–water partition coefficient (Wildman–Crippen LogP) is 6.04. The van der Waals surface area contributed by atoms with E-state index in [0.717, 1.165) is 70.6 Å². The number of hydrogen-bond acceptors (Lipinski definition) is 7. The summed E-state index contributed by atoms with van der Waals surface area (Å²) >= 11 is 0. The third kappa shape index (κ3) is 25.0. The van der Waals surface area contributed by atoms with Crippen LogP contribution in [0.2, 0.25) is 0 Å². The second-order valence-electron chi connectivity index (χ2n) is 11.4. The fraction of sp³-hybridized carbons (Fsp3) is 0.839. The number of esters is 2. The zero-order valence-corrected chi connectivity index (χ0v) is 26.0. The Labute approximate surface area is 243 Å². The van der Waals surface area contributed by atoms with Crippen LogP contribution in [0.15, 0.2) is 12.2 Å². The van der Waals surface area contributed by atoms with Gasteiger partial charge in [0.05, 0.1) is 34.4 Å². The molecule has 0 aromatic rings. The number of likely N-dealkylation sites (N-methyl/N-ethyl adjacent to an activating group) is 1. The Hall–Kier alpha value is -1.97. The summed E-state index contributed by atoms with van der Waals surface area (Å²) in [5, 5.41) is 9.48. The molecule has 0 aliphatic heterocycles. The van der Waals surface area contributed by atoms with Crippen LogP contribution >= 0.6 is 0 Å². The second-order valence-corrected chi connectivity index (χ2v) is 11.4. The monoisotopic (exact) mass is 572 g/mol. The molecule has 9 heteroatoms. The van der Waals surface area contributed by atoms with Crippen LogP contribution in [0.3, 0.4) is 0 Å². The van der Waals surface area contributed by atoms with E-state index in [1.165, 1.54) is 6.42 Å². The first-order valence-electron chi connectivity index (χ1n) is 15.4. The first-order chi connectivity index (χ1) is 19.1. The number of carboxylic acids is 1. The number of rotatable bonds is 27. The highest BCUT2D eigenvalue weighted by atomic mass is 16.7. The zero-order chi connectivity index (χ0) is 30.1. The molecule has 0 radical (unpaired) electrons. The largest absolute Gasteiger partial charge is 0.477 e. The van der Waals surface area contributed by atoms with Gasteiger partial charge in [-0.2, -0.15) is 0 Å². The van der Waals surface area contributed by atoms with Crippen molar-refractivity contribution in [2.24, 2.45) is 0 Å². The molecule has 9 nitrogen and oxygen atoms in total. The van der Waals surface area contributed by atoms with Crippen molar-refractivity contribution < 1.29 is 42.9 Å². The summed E-state index contributed by atoms with van der Waals surface area (Å²) in [6, 6.07) is 0. The number of quaternary nitrogens is 1. The molecule has 2 atom stereocenters. The minimum absolute atomic E-state index is 0.184. The van der Waals surface area contributed by atoms with Crippen molar-refractivity contribution in [1.29, 1.82) is 0 Å². The Balaban J connectivity index is 4.65. The first kappa shape index (κ1) is 38.0. The lowest BCUT2D eigenvalue weighted by Gasteiger charge is -2.25. The van der Waals surface area contributed by atoms with Gasteiger partial charge in [-0.25, -0.2) is 4.79 Å². The van der Waals surface area contributed by atoms with Gasteiger partial charge in [0.15, 0.2) is 6.10 Å². The lowest BCUT2D eigenvalue weighted by molar-refractivity contribution is -0.870. The molecule has 0 amide bonds. The van der Waals surface area contributed by atoms with Gasteiger partial charge in [0.2, 0.25) is 0 Å². The number of aliphatic carboxylic acids is 1. The van der Waals surface area contributed by atoms with Crippen molar-refractivity contribution in [3.63, 3.8) is 0 Å². The molecule has 0 fully saturated rings. The number of hydrogen-bond donors (Lipinski definition) is 1. The van der Waals surface area contributed by atoms with Crippen LogP contribution in [0.5, 0.6) is 0 Å². The van der Waals surface area contributed by atoms with E-state index in [0.29, 0.717) is 23.9 Å². The van der Waals surface area contributed by atoms with Gasteiger partial charge in [-0.3, -0.25) is 9.59 Å². The maximum absolute atomic E-state index is 12.5. The smallest absolute Gasteiger partial charge is 0.361 e. The van der Waals surface area contributed by atoms with Crippen molar-refractivity contribution in [3.05, 3.63) is 12.2 Å². The molecule has 0 bridgehead atoms. The van der Waals surface area contributed by atoms with E-state index in [9.17, 15) is 19.5 Å². The molecule has 0 aliphatic carbocycles. The first-order valence-corrected chi connectivity index (χ1v) is 15.4. The van der Waals surface area contributed by atoms with E-state index in [1.807, 2.05) is 21.1 Å². The van der Waals surface area contributed by atoms with Gasteiger partial charge < -0.3 is 28.5 Å². The molecule has 0 aromatic carbocycles. The number of allylic oxidation sites excluding steroid dienone is 2. The van der Waals surface area contributed by atoms with E-state index in [1.54, 1.807) is 0 Å². The highest BCUT2D eigenvalue weighted by molar-refractivity contribution is 5.71. The topological polar surface area (TPSA) is 108 Å². The van der Waals surface area contributed by atoms with Gasteiger partial charge in [-0.1, -0.05) is 77.4 Å². The van der Waals surface area contributed by atoms with E-state index in [4.69, 9.17) is 18.9 Å². The summed E-state index contributed by atoms with van der Waals surface area (Å²) < 4.78 is 22.3. The fourth-order valence-electron chi connectivity index (χ4n) is 3.78. The Morgan fingerprint density at radius 2 is 1.32 bits per heavy atom. The van der Waals surface area contributed by atoms with Crippen LogP contribution in [0.1, 0.15) is 110 Å². The predicted molar refractivity (Wildman–Crippen MR) is 157 cm³/mol. The molecule has 234 valence electrons. The Bertz CT molecular complexity index is 689. The molecule has 0 aliphatic rings. The number of unbranched alkanes of at least 4 members (excludes halogenated alkanes) is 10. The van der Waals surface area contributed by atoms with Crippen LogP contribution in [-0.2, 0) is 33.3 Å². The molecule has 0 rings (SSSR count). The number of carbonyl (C=O) groups excluding carboxylic acids is 2. The molecule has 0 saturated carbocycles. The zero-order valence-electron chi connectivity index (χ0n) is 26.0. The van der Waals surface area contributed by atoms with Crippen molar-refractivity contribution in [2.45, 2.75) is 123 Å². The van der Waals surface area contributed by atoms with E-state index < -0.39 is 24.3 Å². The van der Waals surface area contributed by atoms with Crippen LogP contribution < -0.4 is 0 Å². The molecule has 40 heavy (non-hydrogen) atoms. The number of nitrogens with zero attached hydrogens (tertiary/aromatic N) is 1. The number of carboxylic acid groups (broad SMARTS) is 1. The van der Waals surface area contributed by atoms with Crippen LogP contribution in [0, 0.1) is 0 Å². The molecular formula is C31H58NO8+. The number of ether oxygens (including phenoxy) is 4. The second kappa shape index (κ2) is 24.8. The molecular weight excluding hydrogens is 514 g/mol. The van der Waals surface area contributed by atoms with Gasteiger partial charge in [0.1, 0.15) is 13.2 Å². The third-order valence-electron chi connectivity index (χ3n) is 6.25. The van der Waals surface area contributed by atoms with E-state index >= 15 is 0 Å². The SMILES string of the molecule is CCC/C=C\CCCCCCCC(=O)OC(COC(=O)CCCCCCC)COC(OCC[N+](C)(C)C)C(=O)O. The highest BCUT2D eigenvalue weighted by Gasteiger charge is 2.25. The summed E-state index contributed by atoms with van der Waals surface area (Å²) in [6.07, 6.45) is 16.1. The maximum atomic E-state index is 12.5. The van der Waals surface area contributed by atoms with E-state index in [2.05, 4.69) is 26.0 Å². The summed E-state index contributed by atoms with van der Waals surface area (Å²) in [4.78, 5) is 36.3. The van der Waals surface area contributed by atoms with Gasteiger partial charge in [-0.05, 0) is 32.1 Å². The Kier molecular flexibility index (Phi) is 23.6. The molecule has 2 unspecified atom stereocenters. The standard InChI is InChI=1S/C31H57NO8/c1-6-8-10-12-13-14-15-16-18-20-22-29(34)40-27(25-38-28(33)21-19-17-11-9-7-2)26-39-31(30(35)36)37-24-23-32(3,4)5/h10,12,27,31H,6-9,11,13-26H2,1-5H3/p+1/b12-10-. The van der Waals surface area contributed by atoms with Gasteiger partial charge in [0, 0.05) is 12.8 Å². The average molecular weight is 573 g/mol. The van der Waals surface area contributed by atoms with Crippen molar-refractivity contribution >= 4 is 17.9 Å². The van der Waals surface area contributed by atoms with E-state index in [-0.39, 0.29) is 32.2 Å². The van der Waals surface area contributed by atoms with Crippen LogP contribution in [-0.4, -0.2) is 87.4 Å². The van der Waals surface area contributed by atoms with Gasteiger partial charge >= 0.3 is 17.9 Å². The lowest BCUT2D eigenvalue weighted by Crippen LogP contribution is -2.40. The van der Waals surface area contributed by atoms with Crippen LogP contribution in [0.4, 0.5) is 0 Å². The highest BCUT2D eigenvalue weighted by Crippen LogP contribution is 2.11. The molecule has 0 saturated heterocycles. The third-order valence-corrected chi connectivity index (χ3v) is 6.25. The Morgan fingerprint density at radius 1 is 0.725 bits per heavy atom. The maximum Gasteiger partial charge on any atom is 0.361 e. The van der Waals surface area contributed by atoms with Crippen molar-refractivity contribution in [3.8, 4) is 0 Å². The normalized spacial score (nSPS) is 13.3. The van der Waals surface area contributed by atoms with Crippen molar-refractivity contribution in [1.82, 2.24) is 0 Å². The molecule has 0 aromatic heterocycles. The minimum Gasteiger partial charge on any atom is -0.477 e. The Morgan fingerprint density at radius 3 is 1.95 bits per heavy atom. The van der Waals surface area contributed by atoms with Crippen molar-refractivity contribution in [2.75, 3.05) is 47.5 Å². The number of carbonyl (C=O) groups is 3. The average Bonchev–Trinajstić information content (AvgIpc) is 2.89. The quantitative estimate of drug-likeness (QED) is 0.0417. The van der Waals surface area contributed by atoms with Crippen LogP contribution in [0.25, 0.3) is 0 Å². The van der Waals surface area contributed by atoms with Gasteiger partial charge in [0.25, 0.3) is 6.29 Å². The summed E-state index contributed by atoms with van der Waals surface area (Å²) in [5.74, 6) is -2.04. The minimum atomic E-state index is -1.50. The summed E-state index contributed by atoms with van der Waals surface area (Å²) in [7, 11) is 5.92. The molecule has 0 heterocycles. The fourth-order valence-corrected chi connectivity index (χ4v) is 3.78. The molecule has 1 N–H and O–H groups in total. The summed E-state index contributed by atoms with van der Waals surface area (Å²) in [6.45, 7) is 4.65.